The Kier molecular flexibility index (Phi) is 3.79. The first-order valence-electron chi connectivity index (χ1n) is 9.39. The first-order valence-corrected chi connectivity index (χ1v) is 9.39. The molecular formula is C19H24N6O. The van der Waals surface area contributed by atoms with Crippen molar-refractivity contribution in [3.63, 3.8) is 0 Å². The zero-order chi connectivity index (χ0) is 17.7. The zero-order valence-corrected chi connectivity index (χ0v) is 15.2. The molecule has 2 aliphatic rings. The Morgan fingerprint density at radius 1 is 1.27 bits per heavy atom. The van der Waals surface area contributed by atoms with Crippen molar-refractivity contribution in [1.82, 2.24) is 29.4 Å². The molecule has 4 heterocycles. The van der Waals surface area contributed by atoms with E-state index >= 15 is 0 Å². The number of benzene rings is 1. The van der Waals surface area contributed by atoms with Gasteiger partial charge in [-0.15, -0.1) is 5.10 Å². The minimum Gasteiger partial charge on any atom is -0.368 e. The van der Waals surface area contributed by atoms with Crippen LogP contribution in [0.3, 0.4) is 0 Å². The number of imidazole rings is 1. The third-order valence-electron chi connectivity index (χ3n) is 5.57. The van der Waals surface area contributed by atoms with Gasteiger partial charge in [0.05, 0.1) is 48.2 Å². The molecule has 0 saturated carbocycles. The van der Waals surface area contributed by atoms with Gasteiger partial charge < -0.3 is 9.30 Å². The van der Waals surface area contributed by atoms with Crippen LogP contribution in [0.25, 0.3) is 11.0 Å². The normalized spacial score (nSPS) is 23.3. The Morgan fingerprint density at radius 3 is 3.04 bits per heavy atom. The van der Waals surface area contributed by atoms with E-state index in [4.69, 9.17) is 9.72 Å². The highest BCUT2D eigenvalue weighted by Crippen LogP contribution is 2.31. The first kappa shape index (κ1) is 16.0. The number of fused-ring (bicyclic) bond motifs is 4. The van der Waals surface area contributed by atoms with Crippen LogP contribution >= 0.6 is 0 Å². The van der Waals surface area contributed by atoms with Gasteiger partial charge in [0.1, 0.15) is 5.82 Å². The van der Waals surface area contributed by atoms with Gasteiger partial charge in [0.15, 0.2) is 0 Å². The van der Waals surface area contributed by atoms with Crippen molar-refractivity contribution in [2.75, 3.05) is 13.1 Å². The van der Waals surface area contributed by atoms with Crippen molar-refractivity contribution < 1.29 is 4.74 Å². The number of hydrogen-bond acceptors (Lipinski definition) is 5. The molecule has 7 heteroatoms. The Hall–Kier alpha value is -2.25. The van der Waals surface area contributed by atoms with Crippen molar-refractivity contribution in [3.05, 3.63) is 42.0 Å². The monoisotopic (exact) mass is 352 g/mol. The van der Waals surface area contributed by atoms with Crippen LogP contribution in [0.2, 0.25) is 0 Å². The molecular weight excluding hydrogens is 328 g/mol. The standard InChI is InChI=1S/C19H24N6O/c1-13(2)24-16-6-4-3-5-15(16)21-19(24)11-23-8-7-17-18(10-23)26-12-14-9-20-22-25(14)17/h3-6,9,13,17-18H,7-8,10-12H2,1-2H3/t17-,18-/m0/s1. The summed E-state index contributed by atoms with van der Waals surface area (Å²) < 4.78 is 10.5. The topological polar surface area (TPSA) is 61.0 Å². The molecule has 0 amide bonds. The molecule has 0 radical (unpaired) electrons. The van der Waals surface area contributed by atoms with Crippen LogP contribution in [0.4, 0.5) is 0 Å². The predicted octanol–water partition coefficient (Wildman–Crippen LogP) is 2.55. The second-order valence-corrected chi connectivity index (χ2v) is 7.59. The zero-order valence-electron chi connectivity index (χ0n) is 15.2. The highest BCUT2D eigenvalue weighted by atomic mass is 16.5. The van der Waals surface area contributed by atoms with Gasteiger partial charge in [-0.3, -0.25) is 4.90 Å². The fourth-order valence-corrected chi connectivity index (χ4v) is 4.38. The molecule has 2 atom stereocenters. The van der Waals surface area contributed by atoms with Gasteiger partial charge in [-0.05, 0) is 32.4 Å². The fraction of sp³-hybridized carbons (Fsp3) is 0.526. The van der Waals surface area contributed by atoms with E-state index in [1.807, 2.05) is 6.20 Å². The molecule has 136 valence electrons. The quantitative estimate of drug-likeness (QED) is 0.725. The molecule has 5 rings (SSSR count). The lowest BCUT2D eigenvalue weighted by atomic mass is 10.00. The molecule has 0 aliphatic carbocycles. The van der Waals surface area contributed by atoms with E-state index in [0.717, 1.165) is 43.1 Å². The Morgan fingerprint density at radius 2 is 2.15 bits per heavy atom. The van der Waals surface area contributed by atoms with Crippen LogP contribution in [0, 0.1) is 0 Å². The van der Waals surface area contributed by atoms with E-state index in [1.54, 1.807) is 0 Å². The molecule has 0 unspecified atom stereocenters. The summed E-state index contributed by atoms with van der Waals surface area (Å²) >= 11 is 0. The molecule has 7 nitrogen and oxygen atoms in total. The van der Waals surface area contributed by atoms with E-state index in [2.05, 4.69) is 62.6 Å². The van der Waals surface area contributed by atoms with Crippen molar-refractivity contribution in [3.8, 4) is 0 Å². The maximum absolute atomic E-state index is 6.10. The van der Waals surface area contributed by atoms with Crippen molar-refractivity contribution in [1.29, 1.82) is 0 Å². The van der Waals surface area contributed by atoms with E-state index in [0.29, 0.717) is 18.7 Å². The summed E-state index contributed by atoms with van der Waals surface area (Å²) in [5.74, 6) is 1.14. The summed E-state index contributed by atoms with van der Waals surface area (Å²) in [6, 6.07) is 9.10. The molecule has 3 aromatic rings. The summed E-state index contributed by atoms with van der Waals surface area (Å²) in [4.78, 5) is 7.37. The minimum absolute atomic E-state index is 0.176. The Bertz CT molecular complexity index is 929. The van der Waals surface area contributed by atoms with Crippen LogP contribution in [0.1, 0.15) is 43.9 Å². The lowest BCUT2D eigenvalue weighted by molar-refractivity contribution is -0.0709. The molecule has 0 N–H and O–H groups in total. The van der Waals surface area contributed by atoms with Gasteiger partial charge in [-0.1, -0.05) is 17.3 Å². The lowest BCUT2D eigenvalue weighted by Crippen LogP contribution is -2.48. The van der Waals surface area contributed by atoms with Crippen molar-refractivity contribution >= 4 is 11.0 Å². The van der Waals surface area contributed by atoms with Gasteiger partial charge in [0.25, 0.3) is 0 Å². The summed E-state index contributed by atoms with van der Waals surface area (Å²) in [7, 11) is 0. The van der Waals surface area contributed by atoms with Crippen LogP contribution in [-0.2, 0) is 17.9 Å². The van der Waals surface area contributed by atoms with Gasteiger partial charge in [0.2, 0.25) is 0 Å². The maximum atomic E-state index is 6.10. The second-order valence-electron chi connectivity index (χ2n) is 7.59. The smallest absolute Gasteiger partial charge is 0.124 e. The highest BCUT2D eigenvalue weighted by Gasteiger charge is 2.36. The SMILES string of the molecule is CC(C)n1c(CN2CC[C@H]3[C@H](C2)OCc2cnnn23)nc2ccccc21. The van der Waals surface area contributed by atoms with Crippen LogP contribution < -0.4 is 0 Å². The predicted molar refractivity (Wildman–Crippen MR) is 97.6 cm³/mol. The van der Waals surface area contributed by atoms with E-state index in [-0.39, 0.29) is 6.10 Å². The van der Waals surface area contributed by atoms with Crippen LogP contribution in [0.15, 0.2) is 30.5 Å². The number of likely N-dealkylation sites (tertiary alicyclic amines) is 1. The Labute approximate surface area is 152 Å². The summed E-state index contributed by atoms with van der Waals surface area (Å²) in [5.41, 5.74) is 3.38. The van der Waals surface area contributed by atoms with Gasteiger partial charge in [-0.25, -0.2) is 9.67 Å². The van der Waals surface area contributed by atoms with E-state index in [1.165, 1.54) is 5.52 Å². The van der Waals surface area contributed by atoms with Crippen LogP contribution in [0.5, 0.6) is 0 Å². The van der Waals surface area contributed by atoms with Gasteiger partial charge in [-0.2, -0.15) is 0 Å². The molecule has 1 fully saturated rings. The van der Waals surface area contributed by atoms with Crippen molar-refractivity contribution in [2.24, 2.45) is 0 Å². The average molecular weight is 352 g/mol. The maximum Gasteiger partial charge on any atom is 0.124 e. The molecule has 2 aliphatic heterocycles. The molecule has 0 bridgehead atoms. The summed E-state index contributed by atoms with van der Waals surface area (Å²) in [6.45, 7) is 7.83. The van der Waals surface area contributed by atoms with Crippen molar-refractivity contribution in [2.45, 2.75) is 51.6 Å². The number of ether oxygens (including phenoxy) is 1. The van der Waals surface area contributed by atoms with E-state index < -0.39 is 0 Å². The van der Waals surface area contributed by atoms with Crippen LogP contribution in [-0.4, -0.2) is 48.6 Å². The van der Waals surface area contributed by atoms with Gasteiger partial charge in [0, 0.05) is 19.1 Å². The highest BCUT2D eigenvalue weighted by molar-refractivity contribution is 5.76. The number of hydrogen-bond donors (Lipinski definition) is 0. The number of para-hydroxylation sites is 2. The number of nitrogens with zero attached hydrogens (tertiary/aromatic N) is 6. The number of aromatic nitrogens is 5. The molecule has 0 spiro atoms. The lowest BCUT2D eigenvalue weighted by Gasteiger charge is -2.40. The average Bonchev–Trinajstić information content (AvgIpc) is 3.25. The first-order chi connectivity index (χ1) is 12.7. The summed E-state index contributed by atoms with van der Waals surface area (Å²) in [5, 5.41) is 8.31. The number of rotatable bonds is 3. The Balaban J connectivity index is 1.38. The van der Waals surface area contributed by atoms with Gasteiger partial charge >= 0.3 is 0 Å². The molecule has 2 aromatic heterocycles. The molecule has 26 heavy (non-hydrogen) atoms. The molecule has 1 aromatic carbocycles. The third-order valence-corrected chi connectivity index (χ3v) is 5.57. The second kappa shape index (κ2) is 6.17. The largest absolute Gasteiger partial charge is 0.368 e. The third kappa shape index (κ3) is 2.54. The molecule has 1 saturated heterocycles. The summed E-state index contributed by atoms with van der Waals surface area (Å²) in [6.07, 6.45) is 3.02. The fourth-order valence-electron chi connectivity index (χ4n) is 4.38. The van der Waals surface area contributed by atoms with E-state index in [9.17, 15) is 0 Å². The minimum atomic E-state index is 0.176. The number of piperidine rings is 1.